The lowest BCUT2D eigenvalue weighted by Gasteiger charge is -2.16. The molecule has 0 saturated heterocycles. The van der Waals surface area contributed by atoms with Gasteiger partial charge in [-0.25, -0.2) is 4.98 Å². The van der Waals surface area contributed by atoms with E-state index in [2.05, 4.69) is 16.7 Å². The Bertz CT molecular complexity index is 1260. The third kappa shape index (κ3) is 4.70. The second-order valence-electron chi connectivity index (χ2n) is 8.03. The van der Waals surface area contributed by atoms with Gasteiger partial charge in [0, 0.05) is 11.3 Å². The first-order valence-electron chi connectivity index (χ1n) is 10.6. The number of hydrogen-bond donors (Lipinski definition) is 2. The van der Waals surface area contributed by atoms with Gasteiger partial charge >= 0.3 is 0 Å². The van der Waals surface area contributed by atoms with Crippen molar-refractivity contribution in [2.75, 3.05) is 5.32 Å². The number of aromatic nitrogens is 2. The molecule has 162 valence electrons. The minimum atomic E-state index is -0.385. The fourth-order valence-corrected chi connectivity index (χ4v) is 3.92. The summed E-state index contributed by atoms with van der Waals surface area (Å²) in [7, 11) is 0. The molecule has 0 saturated carbocycles. The summed E-state index contributed by atoms with van der Waals surface area (Å²) in [6.45, 7) is 5.97. The molecule has 32 heavy (non-hydrogen) atoms. The molecule has 0 spiro atoms. The van der Waals surface area contributed by atoms with Crippen molar-refractivity contribution in [1.82, 2.24) is 14.9 Å². The van der Waals surface area contributed by atoms with Gasteiger partial charge in [-0.1, -0.05) is 36.4 Å². The highest BCUT2D eigenvalue weighted by molar-refractivity contribution is 5.94. The molecule has 2 amide bonds. The van der Waals surface area contributed by atoms with Crippen LogP contribution in [0.4, 0.5) is 5.69 Å². The van der Waals surface area contributed by atoms with Gasteiger partial charge in [-0.3, -0.25) is 9.59 Å². The van der Waals surface area contributed by atoms with Gasteiger partial charge in [0.2, 0.25) is 5.91 Å². The molecule has 1 heterocycles. The van der Waals surface area contributed by atoms with Crippen molar-refractivity contribution >= 4 is 28.5 Å². The minimum absolute atomic E-state index is 0.0917. The number of carbonyl (C=O) groups excluding carboxylic acids is 2. The van der Waals surface area contributed by atoms with Crippen LogP contribution < -0.4 is 10.6 Å². The molecule has 4 aromatic rings. The van der Waals surface area contributed by atoms with E-state index in [1.165, 1.54) is 0 Å². The summed E-state index contributed by atoms with van der Waals surface area (Å²) >= 11 is 0. The summed E-state index contributed by atoms with van der Waals surface area (Å²) < 4.78 is 1.86. The lowest BCUT2D eigenvalue weighted by atomic mass is 10.1. The molecule has 0 radical (unpaired) electrons. The molecule has 4 rings (SSSR count). The van der Waals surface area contributed by atoms with Crippen molar-refractivity contribution in [1.29, 1.82) is 0 Å². The first kappa shape index (κ1) is 21.3. The number of rotatable bonds is 6. The maximum absolute atomic E-state index is 12.9. The quantitative estimate of drug-likeness (QED) is 0.466. The van der Waals surface area contributed by atoms with Crippen LogP contribution in [0.1, 0.15) is 40.3 Å². The monoisotopic (exact) mass is 426 g/mol. The molecule has 2 N–H and O–H groups in total. The maximum atomic E-state index is 12.9. The van der Waals surface area contributed by atoms with Crippen LogP contribution in [-0.2, 0) is 11.3 Å². The van der Waals surface area contributed by atoms with Crippen LogP contribution in [0.15, 0.2) is 72.8 Å². The van der Waals surface area contributed by atoms with E-state index >= 15 is 0 Å². The van der Waals surface area contributed by atoms with Crippen LogP contribution in [0.5, 0.6) is 0 Å². The van der Waals surface area contributed by atoms with Gasteiger partial charge in [-0.2, -0.15) is 0 Å². The number of benzene rings is 3. The molecule has 1 unspecified atom stereocenters. The molecule has 1 atom stereocenters. The Hall–Kier alpha value is -3.93. The van der Waals surface area contributed by atoms with Crippen molar-refractivity contribution in [3.05, 3.63) is 95.3 Å². The van der Waals surface area contributed by atoms with Gasteiger partial charge in [0.1, 0.15) is 12.4 Å². The summed E-state index contributed by atoms with van der Waals surface area (Å²) in [6, 6.07) is 22.3. The second kappa shape index (κ2) is 9.06. The standard InChI is InChI=1S/C26H26N4O2/c1-17-13-18(2)15-21(14-17)28-24(31)16-30-23-12-8-7-11-22(23)29-25(30)19(3)27-26(32)20-9-5-4-6-10-20/h4-15,19H,16H2,1-3H3,(H,27,32)(H,28,31). The number of fused-ring (bicyclic) bond motifs is 1. The van der Waals surface area contributed by atoms with E-state index in [-0.39, 0.29) is 24.4 Å². The number of imidazole rings is 1. The van der Waals surface area contributed by atoms with Crippen molar-refractivity contribution in [3.63, 3.8) is 0 Å². The average Bonchev–Trinajstić information content (AvgIpc) is 3.12. The van der Waals surface area contributed by atoms with E-state index in [4.69, 9.17) is 4.98 Å². The molecule has 6 heteroatoms. The van der Waals surface area contributed by atoms with Gasteiger partial charge in [-0.15, -0.1) is 0 Å². The Morgan fingerprint density at radius 2 is 1.59 bits per heavy atom. The number of amides is 2. The average molecular weight is 427 g/mol. The Morgan fingerprint density at radius 3 is 2.31 bits per heavy atom. The van der Waals surface area contributed by atoms with Crippen molar-refractivity contribution in [2.45, 2.75) is 33.4 Å². The highest BCUT2D eigenvalue weighted by Gasteiger charge is 2.20. The van der Waals surface area contributed by atoms with Crippen molar-refractivity contribution in [3.8, 4) is 0 Å². The zero-order valence-corrected chi connectivity index (χ0v) is 18.4. The van der Waals surface area contributed by atoms with Crippen LogP contribution in [0.3, 0.4) is 0 Å². The SMILES string of the molecule is Cc1cc(C)cc(NC(=O)Cn2c(C(C)NC(=O)c3ccccc3)nc3ccccc32)c1. The normalized spacial score (nSPS) is 11.8. The molecular weight excluding hydrogens is 400 g/mol. The Kier molecular flexibility index (Phi) is 6.03. The molecule has 0 bridgehead atoms. The molecule has 0 fully saturated rings. The Labute approximate surface area is 187 Å². The Morgan fingerprint density at radius 1 is 0.938 bits per heavy atom. The second-order valence-corrected chi connectivity index (χ2v) is 8.03. The highest BCUT2D eigenvalue weighted by atomic mass is 16.2. The summed E-state index contributed by atoms with van der Waals surface area (Å²) in [6.07, 6.45) is 0. The number of para-hydroxylation sites is 2. The van der Waals surface area contributed by atoms with E-state index in [1.54, 1.807) is 12.1 Å². The minimum Gasteiger partial charge on any atom is -0.342 e. The number of aryl methyl sites for hydroxylation is 2. The van der Waals surface area contributed by atoms with E-state index in [9.17, 15) is 9.59 Å². The third-order valence-electron chi connectivity index (χ3n) is 5.26. The predicted molar refractivity (Wildman–Crippen MR) is 127 cm³/mol. The molecule has 0 aliphatic rings. The summed E-state index contributed by atoms with van der Waals surface area (Å²) in [5.41, 5.74) is 5.15. The predicted octanol–water partition coefficient (Wildman–Crippen LogP) is 4.78. The van der Waals surface area contributed by atoms with Crippen LogP contribution >= 0.6 is 0 Å². The molecule has 3 aromatic carbocycles. The third-order valence-corrected chi connectivity index (χ3v) is 5.26. The smallest absolute Gasteiger partial charge is 0.251 e. The first-order valence-corrected chi connectivity index (χ1v) is 10.6. The topological polar surface area (TPSA) is 76.0 Å². The molecule has 6 nitrogen and oxygen atoms in total. The van der Waals surface area contributed by atoms with E-state index < -0.39 is 0 Å². The number of carbonyl (C=O) groups is 2. The van der Waals surface area contributed by atoms with Gasteiger partial charge in [-0.05, 0) is 68.3 Å². The summed E-state index contributed by atoms with van der Waals surface area (Å²) in [5, 5.41) is 5.98. The van der Waals surface area contributed by atoms with Gasteiger partial charge < -0.3 is 15.2 Å². The van der Waals surface area contributed by atoms with E-state index in [0.717, 1.165) is 27.8 Å². The lowest BCUT2D eigenvalue weighted by molar-refractivity contribution is -0.116. The lowest BCUT2D eigenvalue weighted by Crippen LogP contribution is -2.30. The van der Waals surface area contributed by atoms with E-state index in [0.29, 0.717) is 11.4 Å². The zero-order chi connectivity index (χ0) is 22.7. The van der Waals surface area contributed by atoms with Gasteiger partial charge in [0.15, 0.2) is 0 Å². The molecular formula is C26H26N4O2. The van der Waals surface area contributed by atoms with Crippen LogP contribution in [-0.4, -0.2) is 21.4 Å². The number of nitrogens with zero attached hydrogens (tertiary/aromatic N) is 2. The largest absolute Gasteiger partial charge is 0.342 e. The molecule has 0 aliphatic heterocycles. The zero-order valence-electron chi connectivity index (χ0n) is 18.4. The Balaban J connectivity index is 1.59. The fraction of sp³-hybridized carbons (Fsp3) is 0.192. The van der Waals surface area contributed by atoms with E-state index in [1.807, 2.05) is 79.9 Å². The fourth-order valence-electron chi connectivity index (χ4n) is 3.92. The maximum Gasteiger partial charge on any atom is 0.251 e. The van der Waals surface area contributed by atoms with Crippen LogP contribution in [0.25, 0.3) is 11.0 Å². The van der Waals surface area contributed by atoms with Crippen LogP contribution in [0, 0.1) is 13.8 Å². The molecule has 0 aliphatic carbocycles. The summed E-state index contributed by atoms with van der Waals surface area (Å²) in [4.78, 5) is 30.3. The summed E-state index contributed by atoms with van der Waals surface area (Å²) in [5.74, 6) is 0.295. The number of hydrogen-bond acceptors (Lipinski definition) is 3. The number of nitrogens with one attached hydrogen (secondary N) is 2. The van der Waals surface area contributed by atoms with Crippen molar-refractivity contribution < 1.29 is 9.59 Å². The first-order chi connectivity index (χ1) is 15.4. The highest BCUT2D eigenvalue weighted by Crippen LogP contribution is 2.22. The van der Waals surface area contributed by atoms with Crippen molar-refractivity contribution in [2.24, 2.45) is 0 Å². The molecule has 1 aromatic heterocycles. The van der Waals surface area contributed by atoms with Gasteiger partial charge in [0.05, 0.1) is 17.1 Å². The van der Waals surface area contributed by atoms with Gasteiger partial charge in [0.25, 0.3) is 5.91 Å². The number of anilines is 1. The van der Waals surface area contributed by atoms with Crippen LogP contribution in [0.2, 0.25) is 0 Å².